The zero-order valence-electron chi connectivity index (χ0n) is 11.3. The van der Waals surface area contributed by atoms with Crippen molar-refractivity contribution in [2.75, 3.05) is 20.1 Å². The number of hydrogen-bond donors (Lipinski definition) is 1. The summed E-state index contributed by atoms with van der Waals surface area (Å²) in [5, 5.41) is 3.11. The number of hydrogen-bond acceptors (Lipinski definition) is 3. The zero-order chi connectivity index (χ0) is 14.1. The van der Waals surface area contributed by atoms with Gasteiger partial charge in [0.05, 0.1) is 6.20 Å². The van der Waals surface area contributed by atoms with Gasteiger partial charge in [-0.2, -0.15) is 0 Å². The molecule has 5 nitrogen and oxygen atoms in total. The van der Waals surface area contributed by atoms with Crippen LogP contribution in [0.25, 0.3) is 5.65 Å². The number of rotatable bonds is 2. The summed E-state index contributed by atoms with van der Waals surface area (Å²) < 4.78 is 2.74. The van der Waals surface area contributed by atoms with Crippen molar-refractivity contribution in [2.45, 2.75) is 18.9 Å². The van der Waals surface area contributed by atoms with Gasteiger partial charge in [-0.05, 0) is 61.0 Å². The quantitative estimate of drug-likeness (QED) is 0.911. The number of fused-ring (bicyclic) bond motifs is 1. The summed E-state index contributed by atoms with van der Waals surface area (Å²) in [6.07, 6.45) is 5.50. The summed E-state index contributed by atoms with van der Waals surface area (Å²) in [7, 11) is 2.11. The number of nitrogens with zero attached hydrogens (tertiary/aromatic N) is 3. The smallest absolute Gasteiger partial charge is 0.270 e. The van der Waals surface area contributed by atoms with Crippen LogP contribution in [-0.4, -0.2) is 46.4 Å². The van der Waals surface area contributed by atoms with Crippen molar-refractivity contribution in [3.05, 3.63) is 34.7 Å². The van der Waals surface area contributed by atoms with Crippen LogP contribution in [0.15, 0.2) is 29.0 Å². The van der Waals surface area contributed by atoms with E-state index < -0.39 is 0 Å². The Bertz CT molecular complexity index is 631. The maximum Gasteiger partial charge on any atom is 0.270 e. The number of carbonyl (C=O) groups excluding carboxylic acids is 1. The summed E-state index contributed by atoms with van der Waals surface area (Å²) in [5.41, 5.74) is 1.36. The second kappa shape index (κ2) is 5.54. The molecule has 3 rings (SSSR count). The lowest BCUT2D eigenvalue weighted by Crippen LogP contribution is -2.43. The Labute approximate surface area is 126 Å². The van der Waals surface area contributed by atoms with Crippen LogP contribution in [0.4, 0.5) is 0 Å². The van der Waals surface area contributed by atoms with Gasteiger partial charge in [0, 0.05) is 16.7 Å². The highest BCUT2D eigenvalue weighted by molar-refractivity contribution is 9.10. The molecule has 106 valence electrons. The molecule has 20 heavy (non-hydrogen) atoms. The van der Waals surface area contributed by atoms with E-state index in [4.69, 9.17) is 0 Å². The van der Waals surface area contributed by atoms with Gasteiger partial charge in [0.2, 0.25) is 0 Å². The van der Waals surface area contributed by atoms with Crippen molar-refractivity contribution in [1.82, 2.24) is 19.6 Å². The van der Waals surface area contributed by atoms with Crippen LogP contribution in [0.3, 0.4) is 0 Å². The van der Waals surface area contributed by atoms with E-state index in [0.29, 0.717) is 5.69 Å². The van der Waals surface area contributed by atoms with E-state index in [1.165, 1.54) is 0 Å². The molecule has 0 atom stereocenters. The predicted molar refractivity (Wildman–Crippen MR) is 80.9 cm³/mol. The molecule has 1 aliphatic heterocycles. The summed E-state index contributed by atoms with van der Waals surface area (Å²) in [4.78, 5) is 18.9. The molecule has 2 aromatic heterocycles. The van der Waals surface area contributed by atoms with Gasteiger partial charge in [0.15, 0.2) is 0 Å². The van der Waals surface area contributed by atoms with Gasteiger partial charge in [-0.3, -0.25) is 9.20 Å². The molecule has 0 bridgehead atoms. The number of halogens is 1. The Morgan fingerprint density at radius 3 is 2.90 bits per heavy atom. The summed E-state index contributed by atoms with van der Waals surface area (Å²) in [6.45, 7) is 2.06. The van der Waals surface area contributed by atoms with Gasteiger partial charge in [0.1, 0.15) is 11.3 Å². The van der Waals surface area contributed by atoms with E-state index in [2.05, 4.69) is 38.2 Å². The highest BCUT2D eigenvalue weighted by atomic mass is 79.9. The molecule has 3 heterocycles. The third kappa shape index (κ3) is 2.71. The number of aromatic nitrogens is 2. The first-order chi connectivity index (χ1) is 9.63. The molecule has 0 spiro atoms. The lowest BCUT2D eigenvalue weighted by atomic mass is 10.1. The Morgan fingerprint density at radius 1 is 1.40 bits per heavy atom. The third-order valence-electron chi connectivity index (χ3n) is 3.76. The average Bonchev–Trinajstić information content (AvgIpc) is 2.84. The molecule has 1 fully saturated rings. The van der Waals surface area contributed by atoms with Gasteiger partial charge in [-0.1, -0.05) is 0 Å². The molecule has 1 N–H and O–H groups in total. The van der Waals surface area contributed by atoms with Crippen molar-refractivity contribution >= 4 is 27.5 Å². The summed E-state index contributed by atoms with van der Waals surface area (Å²) >= 11 is 3.42. The first-order valence-corrected chi connectivity index (χ1v) is 7.55. The molecule has 0 saturated carbocycles. The molecule has 1 saturated heterocycles. The first kappa shape index (κ1) is 13.6. The maximum absolute atomic E-state index is 12.4. The van der Waals surface area contributed by atoms with Crippen LogP contribution in [-0.2, 0) is 0 Å². The SMILES string of the molecule is CN1CCC(NC(=O)c2cnc3ccc(Br)cn23)CC1. The van der Waals surface area contributed by atoms with Gasteiger partial charge >= 0.3 is 0 Å². The molecule has 0 unspecified atom stereocenters. The largest absolute Gasteiger partial charge is 0.348 e. The zero-order valence-corrected chi connectivity index (χ0v) is 12.9. The fraction of sp³-hybridized carbons (Fsp3) is 0.429. The minimum absolute atomic E-state index is 0.0508. The molecule has 1 amide bonds. The van der Waals surface area contributed by atoms with Crippen molar-refractivity contribution < 1.29 is 4.79 Å². The van der Waals surface area contributed by atoms with Crippen LogP contribution in [0.1, 0.15) is 23.3 Å². The van der Waals surface area contributed by atoms with Gasteiger partial charge in [0.25, 0.3) is 5.91 Å². The Hall–Kier alpha value is -1.40. The van der Waals surface area contributed by atoms with Crippen LogP contribution < -0.4 is 5.32 Å². The highest BCUT2D eigenvalue weighted by Gasteiger charge is 2.20. The first-order valence-electron chi connectivity index (χ1n) is 6.75. The normalized spacial score (nSPS) is 17.5. The second-order valence-electron chi connectivity index (χ2n) is 5.27. The number of likely N-dealkylation sites (tertiary alicyclic amines) is 1. The number of carbonyl (C=O) groups is 1. The number of amides is 1. The van der Waals surface area contributed by atoms with Crippen LogP contribution in [0, 0.1) is 0 Å². The molecule has 1 aliphatic rings. The van der Waals surface area contributed by atoms with Crippen LogP contribution in [0.2, 0.25) is 0 Å². The maximum atomic E-state index is 12.4. The minimum atomic E-state index is -0.0508. The summed E-state index contributed by atoms with van der Waals surface area (Å²) in [5.74, 6) is -0.0508. The van der Waals surface area contributed by atoms with E-state index in [0.717, 1.165) is 36.1 Å². The van der Waals surface area contributed by atoms with Gasteiger partial charge in [-0.25, -0.2) is 4.98 Å². The third-order valence-corrected chi connectivity index (χ3v) is 4.23. The molecule has 2 aromatic rings. The van der Waals surface area contributed by atoms with Crippen molar-refractivity contribution in [3.63, 3.8) is 0 Å². The second-order valence-corrected chi connectivity index (χ2v) is 6.19. The van der Waals surface area contributed by atoms with Gasteiger partial charge < -0.3 is 10.2 Å². The van der Waals surface area contributed by atoms with Gasteiger partial charge in [-0.15, -0.1) is 0 Å². The number of piperidine rings is 1. The predicted octanol–water partition coefficient (Wildman–Crippen LogP) is 1.92. The van der Waals surface area contributed by atoms with E-state index in [1.54, 1.807) is 6.20 Å². The van der Waals surface area contributed by atoms with Crippen molar-refractivity contribution in [1.29, 1.82) is 0 Å². The molecule has 0 aliphatic carbocycles. The average molecular weight is 337 g/mol. The summed E-state index contributed by atoms with van der Waals surface area (Å²) in [6, 6.07) is 4.06. The van der Waals surface area contributed by atoms with E-state index in [-0.39, 0.29) is 11.9 Å². The molecule has 0 aromatic carbocycles. The Morgan fingerprint density at radius 2 is 2.15 bits per heavy atom. The fourth-order valence-corrected chi connectivity index (χ4v) is 2.87. The van der Waals surface area contributed by atoms with E-state index >= 15 is 0 Å². The molecule has 6 heteroatoms. The topological polar surface area (TPSA) is 49.6 Å². The molecular formula is C14H17BrN4O. The fourth-order valence-electron chi connectivity index (χ4n) is 2.53. The van der Waals surface area contributed by atoms with Crippen LogP contribution in [0.5, 0.6) is 0 Å². The Kier molecular flexibility index (Phi) is 3.76. The van der Waals surface area contributed by atoms with E-state index in [1.807, 2.05) is 22.7 Å². The minimum Gasteiger partial charge on any atom is -0.348 e. The number of pyridine rings is 1. The van der Waals surface area contributed by atoms with Crippen molar-refractivity contribution in [3.8, 4) is 0 Å². The standard InChI is InChI=1S/C14H17BrN4O/c1-18-6-4-11(5-7-18)17-14(20)12-8-16-13-3-2-10(15)9-19(12)13/h2-3,8-9,11H,4-7H2,1H3,(H,17,20). The number of imidazole rings is 1. The van der Waals surface area contributed by atoms with Crippen molar-refractivity contribution in [2.24, 2.45) is 0 Å². The Balaban J connectivity index is 1.77. The van der Waals surface area contributed by atoms with E-state index in [9.17, 15) is 4.79 Å². The lowest BCUT2D eigenvalue weighted by molar-refractivity contribution is 0.0911. The molecular weight excluding hydrogens is 320 g/mol. The lowest BCUT2D eigenvalue weighted by Gasteiger charge is -2.29. The highest BCUT2D eigenvalue weighted by Crippen LogP contribution is 2.14. The molecule has 0 radical (unpaired) electrons. The monoisotopic (exact) mass is 336 g/mol. The number of nitrogens with one attached hydrogen (secondary N) is 1. The van der Waals surface area contributed by atoms with Crippen LogP contribution >= 0.6 is 15.9 Å².